The third-order valence-corrected chi connectivity index (χ3v) is 5.69. The molecule has 1 N–H and O–H groups in total. The van der Waals surface area contributed by atoms with Crippen LogP contribution in [0.15, 0.2) is 82.6 Å². The van der Waals surface area contributed by atoms with Gasteiger partial charge in [-0.15, -0.1) is 11.3 Å². The Bertz CT molecular complexity index is 1410. The topological polar surface area (TPSA) is 67.8 Å². The van der Waals surface area contributed by atoms with E-state index in [4.69, 9.17) is 0 Å². The van der Waals surface area contributed by atoms with Gasteiger partial charge in [-0.2, -0.15) is 0 Å². The number of aromatic nitrogens is 3. The summed E-state index contributed by atoms with van der Waals surface area (Å²) in [6.07, 6.45) is 3.27. The van der Waals surface area contributed by atoms with Crippen molar-refractivity contribution in [2.45, 2.75) is 0 Å². The largest absolute Gasteiger partial charge is 0.333 e. The molecule has 0 saturated carbocycles. The minimum atomic E-state index is -0.469. The maximum Gasteiger partial charge on any atom is 0.333 e. The minimum absolute atomic E-state index is 0.334. The maximum absolute atomic E-state index is 13.2. The van der Waals surface area contributed by atoms with Gasteiger partial charge in [0.2, 0.25) is 0 Å². The van der Waals surface area contributed by atoms with Gasteiger partial charge in [0.05, 0.1) is 17.4 Å². The SMILES string of the molecule is O=c1[nH]c2cc(-c3ccccc3)sc2c(=O)n1-c1cncc2ccccc12. The highest BCUT2D eigenvalue weighted by atomic mass is 32.1. The molecule has 0 radical (unpaired) electrons. The van der Waals surface area contributed by atoms with E-state index in [2.05, 4.69) is 9.97 Å². The van der Waals surface area contributed by atoms with Gasteiger partial charge in [0.25, 0.3) is 5.56 Å². The first kappa shape index (κ1) is 15.7. The number of pyridine rings is 1. The third-order valence-electron chi connectivity index (χ3n) is 4.52. The van der Waals surface area contributed by atoms with E-state index in [1.54, 1.807) is 12.4 Å². The van der Waals surface area contributed by atoms with Crippen LogP contribution in [0.25, 0.3) is 37.1 Å². The molecule has 0 bridgehead atoms. The lowest BCUT2D eigenvalue weighted by molar-refractivity contribution is 0.905. The predicted octanol–water partition coefficient (Wildman–Crippen LogP) is 3.96. The molecule has 3 heterocycles. The van der Waals surface area contributed by atoms with Crippen molar-refractivity contribution in [1.82, 2.24) is 14.5 Å². The Balaban J connectivity index is 1.81. The smallest absolute Gasteiger partial charge is 0.306 e. The average Bonchev–Trinajstić information content (AvgIpc) is 3.13. The van der Waals surface area contributed by atoms with Gasteiger partial charge in [0.1, 0.15) is 4.70 Å². The first-order valence-electron chi connectivity index (χ1n) is 8.40. The predicted molar refractivity (Wildman–Crippen MR) is 109 cm³/mol. The molecule has 0 saturated heterocycles. The Labute approximate surface area is 157 Å². The highest BCUT2D eigenvalue weighted by Crippen LogP contribution is 2.30. The summed E-state index contributed by atoms with van der Waals surface area (Å²) in [4.78, 5) is 33.9. The molecule has 5 rings (SSSR count). The highest BCUT2D eigenvalue weighted by molar-refractivity contribution is 7.22. The van der Waals surface area contributed by atoms with Crippen molar-refractivity contribution in [3.05, 3.63) is 93.9 Å². The molecule has 0 spiro atoms. The Morgan fingerprint density at radius 2 is 1.70 bits per heavy atom. The van der Waals surface area contributed by atoms with Crippen LogP contribution in [0, 0.1) is 0 Å². The van der Waals surface area contributed by atoms with E-state index in [-0.39, 0.29) is 5.56 Å². The number of fused-ring (bicyclic) bond motifs is 2. The molecule has 5 aromatic rings. The van der Waals surface area contributed by atoms with E-state index in [0.717, 1.165) is 21.2 Å². The molecule has 130 valence electrons. The molecule has 0 aliphatic heterocycles. The van der Waals surface area contributed by atoms with Gasteiger partial charge < -0.3 is 4.98 Å². The van der Waals surface area contributed by atoms with Crippen molar-refractivity contribution in [1.29, 1.82) is 0 Å². The molecule has 0 fully saturated rings. The zero-order valence-corrected chi connectivity index (χ0v) is 14.9. The van der Waals surface area contributed by atoms with Crippen LogP contribution in [0.3, 0.4) is 0 Å². The second kappa shape index (κ2) is 6.03. The van der Waals surface area contributed by atoms with Gasteiger partial charge in [0, 0.05) is 21.8 Å². The summed E-state index contributed by atoms with van der Waals surface area (Å²) in [5, 5.41) is 1.68. The van der Waals surface area contributed by atoms with Crippen LogP contribution in [0.5, 0.6) is 0 Å². The first-order chi connectivity index (χ1) is 13.2. The fourth-order valence-electron chi connectivity index (χ4n) is 3.25. The lowest BCUT2D eigenvalue weighted by Gasteiger charge is -2.07. The van der Waals surface area contributed by atoms with Crippen LogP contribution < -0.4 is 11.2 Å². The zero-order valence-electron chi connectivity index (χ0n) is 14.0. The minimum Gasteiger partial charge on any atom is -0.306 e. The molecule has 2 aromatic carbocycles. The fourth-order valence-corrected chi connectivity index (χ4v) is 4.30. The van der Waals surface area contributed by atoms with Crippen LogP contribution in [0.1, 0.15) is 0 Å². The molecule has 0 amide bonds. The molecule has 0 atom stereocenters. The number of nitrogens with one attached hydrogen (secondary N) is 1. The third kappa shape index (κ3) is 2.50. The number of hydrogen-bond donors (Lipinski definition) is 1. The Morgan fingerprint density at radius 3 is 2.56 bits per heavy atom. The van der Waals surface area contributed by atoms with Crippen molar-refractivity contribution < 1.29 is 0 Å². The Kier molecular flexibility index (Phi) is 3.51. The van der Waals surface area contributed by atoms with Crippen molar-refractivity contribution in [2.24, 2.45) is 0 Å². The van der Waals surface area contributed by atoms with Crippen molar-refractivity contribution >= 4 is 32.3 Å². The van der Waals surface area contributed by atoms with Crippen LogP contribution in [0.2, 0.25) is 0 Å². The summed E-state index contributed by atoms with van der Waals surface area (Å²) in [5.74, 6) is 0. The number of H-pyrrole nitrogens is 1. The number of aromatic amines is 1. The van der Waals surface area contributed by atoms with Gasteiger partial charge in [-0.1, -0.05) is 54.6 Å². The molecular weight excluding hydrogens is 358 g/mol. The Hall–Kier alpha value is -3.51. The summed E-state index contributed by atoms with van der Waals surface area (Å²) in [6, 6.07) is 19.2. The Morgan fingerprint density at radius 1 is 0.926 bits per heavy atom. The van der Waals surface area contributed by atoms with E-state index >= 15 is 0 Å². The number of nitrogens with zero attached hydrogens (tertiary/aromatic N) is 2. The van der Waals surface area contributed by atoms with Crippen molar-refractivity contribution in [3.63, 3.8) is 0 Å². The molecule has 6 heteroatoms. The van der Waals surface area contributed by atoms with Crippen LogP contribution >= 0.6 is 11.3 Å². The monoisotopic (exact) mass is 371 g/mol. The summed E-state index contributed by atoms with van der Waals surface area (Å²) in [5.41, 5.74) is 1.24. The average molecular weight is 371 g/mol. The summed E-state index contributed by atoms with van der Waals surface area (Å²) in [7, 11) is 0. The standard InChI is InChI=1S/C21H13N3O2S/c25-20-19-16(10-18(27-19)13-6-2-1-3-7-13)23-21(26)24(20)17-12-22-11-14-8-4-5-9-15(14)17/h1-12H,(H,23,26). The van der Waals surface area contributed by atoms with Crippen molar-refractivity contribution in [2.75, 3.05) is 0 Å². The molecule has 0 unspecified atom stereocenters. The molecule has 27 heavy (non-hydrogen) atoms. The summed E-state index contributed by atoms with van der Waals surface area (Å²) >= 11 is 1.38. The van der Waals surface area contributed by atoms with E-state index in [1.807, 2.05) is 60.7 Å². The number of thiophene rings is 1. The quantitative estimate of drug-likeness (QED) is 0.511. The molecule has 0 aliphatic carbocycles. The maximum atomic E-state index is 13.2. The second-order valence-corrected chi connectivity index (χ2v) is 7.22. The van der Waals surface area contributed by atoms with E-state index < -0.39 is 5.69 Å². The zero-order chi connectivity index (χ0) is 18.4. The molecule has 0 aliphatic rings. The first-order valence-corrected chi connectivity index (χ1v) is 9.21. The van der Waals surface area contributed by atoms with E-state index in [0.29, 0.717) is 15.9 Å². The van der Waals surface area contributed by atoms with Crippen LogP contribution in [-0.4, -0.2) is 14.5 Å². The van der Waals surface area contributed by atoms with Gasteiger partial charge in [-0.25, -0.2) is 9.36 Å². The van der Waals surface area contributed by atoms with E-state index in [1.165, 1.54) is 15.9 Å². The van der Waals surface area contributed by atoms with E-state index in [9.17, 15) is 9.59 Å². The second-order valence-electron chi connectivity index (χ2n) is 6.17. The van der Waals surface area contributed by atoms with Crippen molar-refractivity contribution in [3.8, 4) is 16.1 Å². The van der Waals surface area contributed by atoms with Crippen LogP contribution in [-0.2, 0) is 0 Å². The van der Waals surface area contributed by atoms with Crippen LogP contribution in [0.4, 0.5) is 0 Å². The summed E-state index contributed by atoms with van der Waals surface area (Å²) in [6.45, 7) is 0. The number of hydrogen-bond acceptors (Lipinski definition) is 4. The van der Waals surface area contributed by atoms with Gasteiger partial charge in [-0.3, -0.25) is 9.78 Å². The van der Waals surface area contributed by atoms with Gasteiger partial charge in [0.15, 0.2) is 0 Å². The lowest BCUT2D eigenvalue weighted by Crippen LogP contribution is -2.33. The number of rotatable bonds is 2. The molecular formula is C21H13N3O2S. The lowest BCUT2D eigenvalue weighted by atomic mass is 10.1. The normalized spacial score (nSPS) is 11.3. The molecule has 5 nitrogen and oxygen atoms in total. The summed E-state index contributed by atoms with van der Waals surface area (Å²) < 4.78 is 1.68. The fraction of sp³-hybridized carbons (Fsp3) is 0. The van der Waals surface area contributed by atoms with Gasteiger partial charge in [-0.05, 0) is 11.6 Å². The number of benzene rings is 2. The van der Waals surface area contributed by atoms with Gasteiger partial charge >= 0.3 is 5.69 Å². The highest BCUT2D eigenvalue weighted by Gasteiger charge is 2.15. The molecule has 3 aromatic heterocycles.